The quantitative estimate of drug-likeness (QED) is 0.347. The van der Waals surface area contributed by atoms with E-state index in [2.05, 4.69) is 21.7 Å². The summed E-state index contributed by atoms with van der Waals surface area (Å²) < 4.78 is 11.1. The van der Waals surface area contributed by atoms with Gasteiger partial charge in [-0.2, -0.15) is 0 Å². The predicted octanol–water partition coefficient (Wildman–Crippen LogP) is 5.50. The summed E-state index contributed by atoms with van der Waals surface area (Å²) >= 11 is 5.42. The summed E-state index contributed by atoms with van der Waals surface area (Å²) in [5, 5.41) is 8.22. The minimum absolute atomic E-state index is 0.587. The van der Waals surface area contributed by atoms with Crippen molar-refractivity contribution in [2.24, 2.45) is 0 Å². The van der Waals surface area contributed by atoms with Gasteiger partial charge in [-0.05, 0) is 78.8 Å². The fourth-order valence-electron chi connectivity index (χ4n) is 3.21. The zero-order valence-electron chi connectivity index (χ0n) is 16.6. The zero-order chi connectivity index (χ0) is 20.8. The lowest BCUT2D eigenvalue weighted by atomic mass is 10.1. The van der Waals surface area contributed by atoms with Gasteiger partial charge in [0.05, 0.1) is 7.11 Å². The molecule has 6 heteroatoms. The van der Waals surface area contributed by atoms with Crippen LogP contribution in [0.3, 0.4) is 0 Å². The van der Waals surface area contributed by atoms with Crippen LogP contribution in [-0.4, -0.2) is 23.8 Å². The zero-order valence-corrected chi connectivity index (χ0v) is 17.5. The molecule has 3 N–H and O–H groups in total. The van der Waals surface area contributed by atoms with Gasteiger partial charge in [0, 0.05) is 29.3 Å². The molecule has 152 valence electrons. The van der Waals surface area contributed by atoms with Crippen molar-refractivity contribution in [3.63, 3.8) is 0 Å². The van der Waals surface area contributed by atoms with Crippen molar-refractivity contribution in [2.45, 2.75) is 6.42 Å². The molecule has 0 spiro atoms. The molecule has 0 radical (unpaired) electrons. The van der Waals surface area contributed by atoms with Crippen molar-refractivity contribution in [2.75, 3.05) is 19.0 Å². The number of para-hydroxylation sites is 1. The van der Waals surface area contributed by atoms with E-state index in [1.807, 2.05) is 72.9 Å². The lowest BCUT2D eigenvalue weighted by Gasteiger charge is -2.11. The molecule has 1 heterocycles. The van der Waals surface area contributed by atoms with Gasteiger partial charge in [0.1, 0.15) is 17.2 Å². The van der Waals surface area contributed by atoms with E-state index in [1.54, 1.807) is 7.11 Å². The minimum Gasteiger partial charge on any atom is -0.497 e. The first-order chi connectivity index (χ1) is 14.7. The van der Waals surface area contributed by atoms with Crippen molar-refractivity contribution < 1.29 is 9.47 Å². The van der Waals surface area contributed by atoms with Crippen molar-refractivity contribution >= 4 is 33.9 Å². The molecule has 0 fully saturated rings. The van der Waals surface area contributed by atoms with Crippen LogP contribution in [0.4, 0.5) is 5.69 Å². The number of aromatic amines is 1. The Kier molecular flexibility index (Phi) is 6.15. The smallest absolute Gasteiger partial charge is 0.170 e. The van der Waals surface area contributed by atoms with Crippen LogP contribution in [0.1, 0.15) is 5.56 Å². The van der Waals surface area contributed by atoms with E-state index < -0.39 is 0 Å². The highest BCUT2D eigenvalue weighted by atomic mass is 32.1. The molecule has 0 aliphatic rings. The van der Waals surface area contributed by atoms with Crippen molar-refractivity contribution in [3.05, 3.63) is 84.6 Å². The predicted molar refractivity (Wildman–Crippen MR) is 126 cm³/mol. The molecule has 0 saturated heterocycles. The maximum Gasteiger partial charge on any atom is 0.170 e. The number of benzene rings is 3. The van der Waals surface area contributed by atoms with E-state index in [4.69, 9.17) is 21.7 Å². The topological polar surface area (TPSA) is 58.3 Å². The fraction of sp³-hybridized carbons (Fsp3) is 0.125. The number of thiocarbonyl (C=S) groups is 1. The van der Waals surface area contributed by atoms with Gasteiger partial charge in [-0.1, -0.05) is 18.2 Å². The molecule has 0 bridgehead atoms. The van der Waals surface area contributed by atoms with Crippen LogP contribution < -0.4 is 20.1 Å². The van der Waals surface area contributed by atoms with Gasteiger partial charge in [-0.15, -0.1) is 0 Å². The summed E-state index contributed by atoms with van der Waals surface area (Å²) in [6, 6.07) is 23.5. The lowest BCUT2D eigenvalue weighted by Crippen LogP contribution is -2.30. The van der Waals surface area contributed by atoms with E-state index in [0.717, 1.165) is 41.4 Å². The summed E-state index contributed by atoms with van der Waals surface area (Å²) in [4.78, 5) is 3.30. The lowest BCUT2D eigenvalue weighted by molar-refractivity contribution is 0.415. The number of nitrogens with one attached hydrogen (secondary N) is 3. The average Bonchev–Trinajstić information content (AvgIpc) is 3.18. The molecule has 0 aliphatic carbocycles. The number of rotatable bonds is 7. The van der Waals surface area contributed by atoms with E-state index in [9.17, 15) is 0 Å². The number of anilines is 1. The maximum atomic E-state index is 5.81. The Morgan fingerprint density at radius 1 is 0.933 bits per heavy atom. The van der Waals surface area contributed by atoms with Gasteiger partial charge < -0.3 is 25.1 Å². The first kappa shape index (κ1) is 19.8. The van der Waals surface area contributed by atoms with Crippen LogP contribution >= 0.6 is 12.2 Å². The van der Waals surface area contributed by atoms with E-state index in [0.29, 0.717) is 5.11 Å². The molecular formula is C24H23N3O2S. The number of H-pyrrole nitrogens is 1. The number of ether oxygens (including phenoxy) is 2. The molecule has 30 heavy (non-hydrogen) atoms. The number of fused-ring (bicyclic) bond motifs is 1. The third-order valence-electron chi connectivity index (χ3n) is 4.75. The standard InChI is InChI=1S/C24H23N3O2S/c1-28-21-11-12-23-22(15-21)17(16-26-23)13-14-25-24(30)27-18-7-9-20(10-8-18)29-19-5-3-2-4-6-19/h2-12,15-16,26H,13-14H2,1H3,(H2,25,27,30). The summed E-state index contributed by atoms with van der Waals surface area (Å²) in [6.07, 6.45) is 2.88. The Balaban J connectivity index is 1.28. The third kappa shape index (κ3) is 4.90. The Morgan fingerprint density at radius 3 is 2.43 bits per heavy atom. The molecule has 1 aromatic heterocycles. The molecule has 0 unspecified atom stereocenters. The normalized spacial score (nSPS) is 10.6. The Labute approximate surface area is 181 Å². The molecule has 5 nitrogen and oxygen atoms in total. The van der Waals surface area contributed by atoms with Crippen LogP contribution in [0.15, 0.2) is 79.0 Å². The molecule has 0 saturated carbocycles. The SMILES string of the molecule is COc1ccc2[nH]cc(CCNC(=S)Nc3ccc(Oc4ccccc4)cc3)c2c1. The first-order valence-electron chi connectivity index (χ1n) is 9.73. The largest absolute Gasteiger partial charge is 0.497 e. The van der Waals surface area contributed by atoms with Gasteiger partial charge in [-0.3, -0.25) is 0 Å². The maximum absolute atomic E-state index is 5.81. The molecule has 0 atom stereocenters. The second kappa shape index (κ2) is 9.33. The molecule has 3 aromatic carbocycles. The number of aromatic nitrogens is 1. The highest BCUT2D eigenvalue weighted by Gasteiger charge is 2.06. The first-order valence-corrected chi connectivity index (χ1v) is 10.1. The van der Waals surface area contributed by atoms with Crippen LogP contribution in [0.25, 0.3) is 10.9 Å². The molecule has 0 amide bonds. The fourth-order valence-corrected chi connectivity index (χ4v) is 3.43. The van der Waals surface area contributed by atoms with Crippen LogP contribution in [0.5, 0.6) is 17.2 Å². The summed E-state index contributed by atoms with van der Waals surface area (Å²) in [5.74, 6) is 2.44. The van der Waals surface area contributed by atoms with Gasteiger partial charge in [0.15, 0.2) is 5.11 Å². The van der Waals surface area contributed by atoms with Crippen molar-refractivity contribution in [3.8, 4) is 17.2 Å². The number of methoxy groups -OCH3 is 1. The Bertz CT molecular complexity index is 1120. The van der Waals surface area contributed by atoms with Gasteiger partial charge >= 0.3 is 0 Å². The second-order valence-corrected chi connectivity index (χ2v) is 7.20. The van der Waals surface area contributed by atoms with Crippen LogP contribution in [0, 0.1) is 0 Å². The van der Waals surface area contributed by atoms with Gasteiger partial charge in [-0.25, -0.2) is 0 Å². The average molecular weight is 418 g/mol. The summed E-state index contributed by atoms with van der Waals surface area (Å²) in [5.41, 5.74) is 3.23. The molecule has 4 aromatic rings. The number of hydrogen-bond acceptors (Lipinski definition) is 3. The summed E-state index contributed by atoms with van der Waals surface area (Å²) in [6.45, 7) is 0.727. The minimum atomic E-state index is 0.587. The third-order valence-corrected chi connectivity index (χ3v) is 4.99. The Hall–Kier alpha value is -3.51. The van der Waals surface area contributed by atoms with Crippen molar-refractivity contribution in [1.82, 2.24) is 10.3 Å². The molecule has 4 rings (SSSR count). The highest BCUT2D eigenvalue weighted by molar-refractivity contribution is 7.80. The molecule has 0 aliphatic heterocycles. The van der Waals surface area contributed by atoms with E-state index in [-0.39, 0.29) is 0 Å². The number of hydrogen-bond donors (Lipinski definition) is 3. The molecular weight excluding hydrogens is 394 g/mol. The van der Waals surface area contributed by atoms with Gasteiger partial charge in [0.25, 0.3) is 0 Å². The monoisotopic (exact) mass is 417 g/mol. The van der Waals surface area contributed by atoms with Crippen LogP contribution in [-0.2, 0) is 6.42 Å². The van der Waals surface area contributed by atoms with Gasteiger partial charge in [0.2, 0.25) is 0 Å². The van der Waals surface area contributed by atoms with Crippen LogP contribution in [0.2, 0.25) is 0 Å². The van der Waals surface area contributed by atoms with Crippen molar-refractivity contribution in [1.29, 1.82) is 0 Å². The van der Waals surface area contributed by atoms with E-state index in [1.165, 1.54) is 10.9 Å². The van der Waals surface area contributed by atoms with E-state index >= 15 is 0 Å². The second-order valence-electron chi connectivity index (χ2n) is 6.80. The highest BCUT2D eigenvalue weighted by Crippen LogP contribution is 2.24. The Morgan fingerprint density at radius 2 is 1.67 bits per heavy atom. The summed E-state index contributed by atoms with van der Waals surface area (Å²) in [7, 11) is 1.68.